The van der Waals surface area contributed by atoms with E-state index in [1.54, 1.807) is 13.0 Å². The van der Waals surface area contributed by atoms with Crippen LogP contribution in [0.1, 0.15) is 52.9 Å². The molecule has 0 N–H and O–H groups in total. The Labute approximate surface area is 99.6 Å². The minimum Gasteiger partial charge on any atom is -0.295 e. The maximum absolute atomic E-state index is 10.8. The Kier molecular flexibility index (Phi) is 4.52. The van der Waals surface area contributed by atoms with Crippen LogP contribution < -0.4 is 0 Å². The van der Waals surface area contributed by atoms with E-state index >= 15 is 0 Å². The largest absolute Gasteiger partial charge is 0.295 e. The Balaban J connectivity index is 2.50. The van der Waals surface area contributed by atoms with Crippen LogP contribution in [0.3, 0.4) is 0 Å². The molecule has 0 amide bonds. The monoisotopic (exact) mass is 220 g/mol. The summed E-state index contributed by atoms with van der Waals surface area (Å²) in [5.41, 5.74) is 1.80. The second kappa shape index (κ2) is 5.47. The molecule has 1 unspecified atom stereocenters. The number of hydrogen-bond donors (Lipinski definition) is 0. The number of ketones is 1. The average Bonchev–Trinajstić information content (AvgIpc) is 2.14. The lowest BCUT2D eigenvalue weighted by atomic mass is 9.65. The van der Waals surface area contributed by atoms with Gasteiger partial charge in [0.1, 0.15) is 0 Å². The third-order valence-corrected chi connectivity index (χ3v) is 3.73. The van der Waals surface area contributed by atoms with Crippen LogP contribution in [-0.4, -0.2) is 5.78 Å². The molecule has 1 aliphatic carbocycles. The Hall–Kier alpha value is -0.850. The molecule has 1 rings (SSSR count). The van der Waals surface area contributed by atoms with Crippen molar-refractivity contribution in [2.75, 3.05) is 0 Å². The molecule has 1 saturated carbocycles. The van der Waals surface area contributed by atoms with Crippen LogP contribution in [0, 0.1) is 11.3 Å². The van der Waals surface area contributed by atoms with E-state index in [9.17, 15) is 4.79 Å². The number of rotatable bonds is 4. The molecule has 1 aliphatic rings. The van der Waals surface area contributed by atoms with Gasteiger partial charge in [-0.05, 0) is 56.4 Å². The molecule has 0 aromatic heterocycles. The maximum atomic E-state index is 10.8. The van der Waals surface area contributed by atoms with E-state index in [1.807, 2.05) is 6.08 Å². The molecule has 0 radical (unpaired) electrons. The van der Waals surface area contributed by atoms with Gasteiger partial charge < -0.3 is 0 Å². The fraction of sp³-hybridized carbons (Fsp3) is 0.667. The molecular weight excluding hydrogens is 196 g/mol. The Bertz CT molecular complexity index is 297. The van der Waals surface area contributed by atoms with Crippen molar-refractivity contribution in [3.8, 4) is 0 Å². The van der Waals surface area contributed by atoms with Crippen molar-refractivity contribution >= 4 is 5.78 Å². The van der Waals surface area contributed by atoms with E-state index in [2.05, 4.69) is 20.4 Å². The van der Waals surface area contributed by atoms with Crippen LogP contribution in [0.25, 0.3) is 0 Å². The maximum Gasteiger partial charge on any atom is 0.152 e. The lowest BCUT2D eigenvalue weighted by Crippen LogP contribution is -2.29. The van der Waals surface area contributed by atoms with Crippen molar-refractivity contribution in [1.29, 1.82) is 0 Å². The molecule has 0 aromatic carbocycles. The standard InChI is InChI=1S/C15H24O/c1-12-8-7-11-15(3,4)14(12)10-6-5-9-13(2)16/h5,9,14H,1,6-8,10-11H2,2-4H3/b9-5+. The zero-order chi connectivity index (χ0) is 12.2. The third-order valence-electron chi connectivity index (χ3n) is 3.73. The van der Waals surface area contributed by atoms with E-state index in [-0.39, 0.29) is 5.78 Å². The molecule has 16 heavy (non-hydrogen) atoms. The van der Waals surface area contributed by atoms with Crippen molar-refractivity contribution < 1.29 is 4.79 Å². The van der Waals surface area contributed by atoms with Crippen LogP contribution in [0.4, 0.5) is 0 Å². The number of hydrogen-bond acceptors (Lipinski definition) is 1. The molecule has 0 heterocycles. The Morgan fingerprint density at radius 2 is 2.25 bits per heavy atom. The highest BCUT2D eigenvalue weighted by atomic mass is 16.1. The third kappa shape index (κ3) is 3.62. The van der Waals surface area contributed by atoms with E-state index in [4.69, 9.17) is 0 Å². The Morgan fingerprint density at radius 3 is 2.81 bits per heavy atom. The first kappa shape index (κ1) is 13.2. The summed E-state index contributed by atoms with van der Waals surface area (Å²) in [6, 6.07) is 0. The van der Waals surface area contributed by atoms with Crippen molar-refractivity contribution in [3.05, 3.63) is 24.3 Å². The summed E-state index contributed by atoms with van der Waals surface area (Å²) in [6.07, 6.45) is 9.57. The second-order valence-corrected chi connectivity index (χ2v) is 5.64. The lowest BCUT2D eigenvalue weighted by Gasteiger charge is -2.40. The van der Waals surface area contributed by atoms with Crippen molar-refractivity contribution in [1.82, 2.24) is 0 Å². The molecule has 0 bridgehead atoms. The van der Waals surface area contributed by atoms with Gasteiger partial charge in [-0.15, -0.1) is 0 Å². The average molecular weight is 220 g/mol. The highest BCUT2D eigenvalue weighted by molar-refractivity contribution is 5.87. The van der Waals surface area contributed by atoms with Gasteiger partial charge in [0, 0.05) is 0 Å². The van der Waals surface area contributed by atoms with Gasteiger partial charge in [-0.2, -0.15) is 0 Å². The van der Waals surface area contributed by atoms with Crippen LogP contribution in [0.15, 0.2) is 24.3 Å². The summed E-state index contributed by atoms with van der Waals surface area (Å²) in [7, 11) is 0. The molecule has 1 heteroatoms. The van der Waals surface area contributed by atoms with E-state index in [0.29, 0.717) is 11.3 Å². The Morgan fingerprint density at radius 1 is 1.56 bits per heavy atom. The van der Waals surface area contributed by atoms with Crippen LogP contribution >= 0.6 is 0 Å². The van der Waals surface area contributed by atoms with Gasteiger partial charge in [-0.1, -0.05) is 32.1 Å². The van der Waals surface area contributed by atoms with E-state index in [0.717, 1.165) is 12.8 Å². The summed E-state index contributed by atoms with van der Waals surface area (Å²) < 4.78 is 0. The minimum absolute atomic E-state index is 0.140. The fourth-order valence-corrected chi connectivity index (χ4v) is 2.78. The summed E-state index contributed by atoms with van der Waals surface area (Å²) in [5.74, 6) is 0.764. The molecule has 1 atom stereocenters. The van der Waals surface area contributed by atoms with Gasteiger partial charge in [-0.3, -0.25) is 4.79 Å². The topological polar surface area (TPSA) is 17.1 Å². The van der Waals surface area contributed by atoms with Gasteiger partial charge in [0.05, 0.1) is 0 Å². The molecule has 0 spiro atoms. The SMILES string of the molecule is C=C1CCCC(C)(C)C1CC/C=C/C(C)=O. The first-order chi connectivity index (χ1) is 7.43. The van der Waals surface area contributed by atoms with Gasteiger partial charge >= 0.3 is 0 Å². The summed E-state index contributed by atoms with van der Waals surface area (Å²) in [5, 5.41) is 0. The first-order valence-corrected chi connectivity index (χ1v) is 6.28. The summed E-state index contributed by atoms with van der Waals surface area (Å²) in [6.45, 7) is 10.5. The van der Waals surface area contributed by atoms with Gasteiger partial charge in [0.25, 0.3) is 0 Å². The normalized spacial score (nSPS) is 24.9. The highest BCUT2D eigenvalue weighted by Gasteiger charge is 2.33. The highest BCUT2D eigenvalue weighted by Crippen LogP contribution is 2.45. The molecule has 0 aliphatic heterocycles. The van der Waals surface area contributed by atoms with Crippen LogP contribution in [0.2, 0.25) is 0 Å². The fourth-order valence-electron chi connectivity index (χ4n) is 2.78. The van der Waals surface area contributed by atoms with Crippen LogP contribution in [-0.2, 0) is 4.79 Å². The summed E-state index contributed by atoms with van der Waals surface area (Å²) >= 11 is 0. The second-order valence-electron chi connectivity index (χ2n) is 5.64. The number of allylic oxidation sites excluding steroid dienone is 3. The molecule has 90 valence electrons. The van der Waals surface area contributed by atoms with Crippen molar-refractivity contribution in [2.45, 2.75) is 52.9 Å². The smallest absolute Gasteiger partial charge is 0.152 e. The van der Waals surface area contributed by atoms with Crippen molar-refractivity contribution in [3.63, 3.8) is 0 Å². The summed E-state index contributed by atoms with van der Waals surface area (Å²) in [4.78, 5) is 10.8. The minimum atomic E-state index is 0.140. The number of carbonyl (C=O) groups is 1. The first-order valence-electron chi connectivity index (χ1n) is 6.28. The molecule has 1 nitrogen and oxygen atoms in total. The van der Waals surface area contributed by atoms with Gasteiger partial charge in [0.2, 0.25) is 0 Å². The predicted octanol–water partition coefficient (Wildman–Crippen LogP) is 4.29. The van der Waals surface area contributed by atoms with E-state index < -0.39 is 0 Å². The van der Waals surface area contributed by atoms with Gasteiger partial charge in [-0.25, -0.2) is 0 Å². The lowest BCUT2D eigenvalue weighted by molar-refractivity contribution is -0.112. The van der Waals surface area contributed by atoms with Crippen LogP contribution in [0.5, 0.6) is 0 Å². The predicted molar refractivity (Wildman–Crippen MR) is 69.3 cm³/mol. The molecule has 0 aromatic rings. The molecule has 0 saturated heterocycles. The molecular formula is C15H24O. The number of carbonyl (C=O) groups excluding carboxylic acids is 1. The zero-order valence-electron chi connectivity index (χ0n) is 10.9. The quantitative estimate of drug-likeness (QED) is 0.510. The van der Waals surface area contributed by atoms with Crippen molar-refractivity contribution in [2.24, 2.45) is 11.3 Å². The van der Waals surface area contributed by atoms with Gasteiger partial charge in [0.15, 0.2) is 5.78 Å². The zero-order valence-corrected chi connectivity index (χ0v) is 10.9. The van der Waals surface area contributed by atoms with E-state index in [1.165, 1.54) is 24.8 Å². The molecule has 1 fully saturated rings.